The zero-order valence-electron chi connectivity index (χ0n) is 9.78. The topological polar surface area (TPSA) is 54.9 Å². The fourth-order valence-corrected chi connectivity index (χ4v) is 1.42. The van der Waals surface area contributed by atoms with Crippen LogP contribution in [-0.4, -0.2) is 15.9 Å². The Labute approximate surface area is 96.5 Å². The van der Waals surface area contributed by atoms with Crippen LogP contribution in [0.15, 0.2) is 18.7 Å². The van der Waals surface area contributed by atoms with Crippen molar-refractivity contribution >= 4 is 5.91 Å². The Balaban J connectivity index is 2.11. The lowest BCUT2D eigenvalue weighted by Gasteiger charge is -2.04. The van der Waals surface area contributed by atoms with Crippen LogP contribution in [0.1, 0.15) is 44.6 Å². The molecule has 0 aliphatic carbocycles. The minimum atomic E-state index is 0.111. The molecule has 1 N–H and O–H groups in total. The van der Waals surface area contributed by atoms with E-state index in [1.807, 2.05) is 0 Å². The molecule has 0 radical (unpaired) electrons. The van der Waals surface area contributed by atoms with E-state index in [0.717, 1.165) is 18.4 Å². The second-order valence-electron chi connectivity index (χ2n) is 3.83. The molecule has 0 unspecified atom stereocenters. The molecule has 0 aliphatic rings. The summed E-state index contributed by atoms with van der Waals surface area (Å²) >= 11 is 0. The van der Waals surface area contributed by atoms with Gasteiger partial charge in [0.25, 0.3) is 0 Å². The van der Waals surface area contributed by atoms with E-state index in [4.69, 9.17) is 0 Å². The number of carbonyl (C=O) groups excluding carboxylic acids is 1. The smallest absolute Gasteiger partial charge is 0.220 e. The van der Waals surface area contributed by atoms with Gasteiger partial charge in [-0.2, -0.15) is 0 Å². The van der Waals surface area contributed by atoms with Crippen molar-refractivity contribution in [2.24, 2.45) is 0 Å². The zero-order chi connectivity index (χ0) is 11.6. The van der Waals surface area contributed by atoms with E-state index in [2.05, 4.69) is 22.2 Å². The van der Waals surface area contributed by atoms with Gasteiger partial charge in [0.05, 0.1) is 0 Å². The van der Waals surface area contributed by atoms with E-state index in [1.165, 1.54) is 19.2 Å². The average Bonchev–Trinajstić information content (AvgIpc) is 2.33. The normalized spacial score (nSPS) is 10.1. The van der Waals surface area contributed by atoms with Crippen LogP contribution in [-0.2, 0) is 11.3 Å². The molecule has 0 bridgehead atoms. The van der Waals surface area contributed by atoms with Gasteiger partial charge in [0.2, 0.25) is 5.91 Å². The van der Waals surface area contributed by atoms with Gasteiger partial charge >= 0.3 is 0 Å². The highest BCUT2D eigenvalue weighted by Crippen LogP contribution is 2.02. The first kappa shape index (κ1) is 12.6. The van der Waals surface area contributed by atoms with E-state index in [1.54, 1.807) is 12.4 Å². The van der Waals surface area contributed by atoms with Crippen LogP contribution >= 0.6 is 0 Å². The van der Waals surface area contributed by atoms with Gasteiger partial charge in [0.1, 0.15) is 6.33 Å². The summed E-state index contributed by atoms with van der Waals surface area (Å²) in [5.41, 5.74) is 0.935. The number of amides is 1. The Bertz CT molecular complexity index is 300. The predicted octanol–water partition coefficient (Wildman–Crippen LogP) is 2.06. The van der Waals surface area contributed by atoms with E-state index in [0.29, 0.717) is 13.0 Å². The number of rotatable bonds is 7. The Kier molecular flexibility index (Phi) is 6.15. The molecule has 0 saturated heterocycles. The number of hydrogen-bond acceptors (Lipinski definition) is 3. The van der Waals surface area contributed by atoms with Gasteiger partial charge in [0, 0.05) is 30.9 Å². The SMILES string of the molecule is CCCCCCC(=O)NCc1cncnc1. The average molecular weight is 221 g/mol. The van der Waals surface area contributed by atoms with Crippen molar-refractivity contribution in [1.82, 2.24) is 15.3 Å². The van der Waals surface area contributed by atoms with Gasteiger partial charge in [-0.25, -0.2) is 9.97 Å². The van der Waals surface area contributed by atoms with Crippen LogP contribution in [0.2, 0.25) is 0 Å². The number of nitrogens with one attached hydrogen (secondary N) is 1. The Morgan fingerprint density at radius 3 is 2.69 bits per heavy atom. The first-order valence-electron chi connectivity index (χ1n) is 5.83. The van der Waals surface area contributed by atoms with Crippen LogP contribution in [0, 0.1) is 0 Å². The molecule has 88 valence electrons. The summed E-state index contributed by atoms with van der Waals surface area (Å²) in [6.45, 7) is 2.68. The molecule has 0 spiro atoms. The summed E-state index contributed by atoms with van der Waals surface area (Å²) in [6, 6.07) is 0. The van der Waals surface area contributed by atoms with Crippen molar-refractivity contribution in [1.29, 1.82) is 0 Å². The number of unbranched alkanes of at least 4 members (excludes halogenated alkanes) is 3. The van der Waals surface area contributed by atoms with Gasteiger partial charge in [-0.1, -0.05) is 26.2 Å². The third kappa shape index (κ3) is 5.44. The maximum atomic E-state index is 11.4. The molecule has 1 rings (SSSR count). The summed E-state index contributed by atoms with van der Waals surface area (Å²) in [5.74, 6) is 0.111. The molecule has 1 aromatic heterocycles. The van der Waals surface area contributed by atoms with Crippen molar-refractivity contribution in [2.45, 2.75) is 45.6 Å². The third-order valence-corrected chi connectivity index (χ3v) is 2.36. The highest BCUT2D eigenvalue weighted by atomic mass is 16.1. The summed E-state index contributed by atoms with van der Waals surface area (Å²) in [4.78, 5) is 19.2. The predicted molar refractivity (Wildman–Crippen MR) is 62.6 cm³/mol. The molecule has 0 aliphatic heterocycles. The molecule has 4 heteroatoms. The quantitative estimate of drug-likeness (QED) is 0.717. The monoisotopic (exact) mass is 221 g/mol. The second kappa shape index (κ2) is 7.79. The molecular weight excluding hydrogens is 202 g/mol. The molecule has 1 amide bonds. The van der Waals surface area contributed by atoms with Crippen molar-refractivity contribution in [2.75, 3.05) is 0 Å². The summed E-state index contributed by atoms with van der Waals surface area (Å²) in [5, 5.41) is 2.86. The lowest BCUT2D eigenvalue weighted by atomic mass is 10.1. The molecule has 0 atom stereocenters. The van der Waals surface area contributed by atoms with Gasteiger partial charge < -0.3 is 5.32 Å². The van der Waals surface area contributed by atoms with Crippen molar-refractivity contribution in [3.8, 4) is 0 Å². The van der Waals surface area contributed by atoms with Crippen molar-refractivity contribution in [3.05, 3.63) is 24.3 Å². The molecular formula is C12H19N3O. The summed E-state index contributed by atoms with van der Waals surface area (Å²) in [6.07, 6.45) is 10.0. The molecule has 1 heterocycles. The highest BCUT2D eigenvalue weighted by molar-refractivity contribution is 5.75. The Hall–Kier alpha value is -1.45. The summed E-state index contributed by atoms with van der Waals surface area (Å²) in [7, 11) is 0. The fourth-order valence-electron chi connectivity index (χ4n) is 1.42. The van der Waals surface area contributed by atoms with Gasteiger partial charge in [-0.05, 0) is 6.42 Å². The Morgan fingerprint density at radius 2 is 2.00 bits per heavy atom. The van der Waals surface area contributed by atoms with E-state index in [-0.39, 0.29) is 5.91 Å². The molecule has 0 aromatic carbocycles. The number of nitrogens with zero attached hydrogens (tertiary/aromatic N) is 2. The second-order valence-corrected chi connectivity index (χ2v) is 3.83. The standard InChI is InChI=1S/C12H19N3O/c1-2-3-4-5-6-12(16)15-9-11-7-13-10-14-8-11/h7-8,10H,2-6,9H2,1H3,(H,15,16). The number of hydrogen-bond donors (Lipinski definition) is 1. The van der Waals surface area contributed by atoms with Crippen LogP contribution in [0.3, 0.4) is 0 Å². The van der Waals surface area contributed by atoms with E-state index < -0.39 is 0 Å². The zero-order valence-corrected chi connectivity index (χ0v) is 9.78. The van der Waals surface area contributed by atoms with Crippen LogP contribution in [0.4, 0.5) is 0 Å². The van der Waals surface area contributed by atoms with Gasteiger partial charge in [-0.3, -0.25) is 4.79 Å². The van der Waals surface area contributed by atoms with Crippen LogP contribution < -0.4 is 5.32 Å². The van der Waals surface area contributed by atoms with E-state index in [9.17, 15) is 4.79 Å². The summed E-state index contributed by atoms with van der Waals surface area (Å²) < 4.78 is 0. The molecule has 1 aromatic rings. The molecule has 4 nitrogen and oxygen atoms in total. The van der Waals surface area contributed by atoms with Gasteiger partial charge in [-0.15, -0.1) is 0 Å². The van der Waals surface area contributed by atoms with Gasteiger partial charge in [0.15, 0.2) is 0 Å². The molecule has 0 fully saturated rings. The number of aromatic nitrogens is 2. The number of carbonyl (C=O) groups is 1. The maximum absolute atomic E-state index is 11.4. The largest absolute Gasteiger partial charge is 0.352 e. The van der Waals surface area contributed by atoms with Crippen molar-refractivity contribution < 1.29 is 4.79 Å². The molecule has 0 saturated carbocycles. The van der Waals surface area contributed by atoms with E-state index >= 15 is 0 Å². The highest BCUT2D eigenvalue weighted by Gasteiger charge is 2.00. The third-order valence-electron chi connectivity index (χ3n) is 2.36. The maximum Gasteiger partial charge on any atom is 0.220 e. The van der Waals surface area contributed by atoms with Crippen LogP contribution in [0.25, 0.3) is 0 Å². The minimum Gasteiger partial charge on any atom is -0.352 e. The molecule has 16 heavy (non-hydrogen) atoms. The minimum absolute atomic E-state index is 0.111. The lowest BCUT2D eigenvalue weighted by Crippen LogP contribution is -2.22. The van der Waals surface area contributed by atoms with Crippen LogP contribution in [0.5, 0.6) is 0 Å². The fraction of sp³-hybridized carbons (Fsp3) is 0.583. The lowest BCUT2D eigenvalue weighted by molar-refractivity contribution is -0.121. The first-order chi connectivity index (χ1) is 7.83. The first-order valence-corrected chi connectivity index (χ1v) is 5.83. The van der Waals surface area contributed by atoms with Crippen molar-refractivity contribution in [3.63, 3.8) is 0 Å². The Morgan fingerprint density at radius 1 is 1.25 bits per heavy atom.